The minimum Gasteiger partial charge on any atom is -0.378 e. The Bertz CT molecular complexity index is 1080. The van der Waals surface area contributed by atoms with Gasteiger partial charge in [0.2, 0.25) is 5.95 Å². The van der Waals surface area contributed by atoms with E-state index >= 15 is 0 Å². The molecule has 0 amide bonds. The van der Waals surface area contributed by atoms with E-state index in [0.29, 0.717) is 49.2 Å². The first kappa shape index (κ1) is 21.8. The van der Waals surface area contributed by atoms with Gasteiger partial charge in [-0.15, -0.1) is 10.2 Å². The van der Waals surface area contributed by atoms with Crippen LogP contribution < -0.4 is 15.5 Å². The SMILES string of the molecule is CNc1nnc(Nc2nc(N3CCOCC3)ncc2F)cc1-c1ccc(C(C)(F)F)cc1. The molecule has 3 aromatic rings. The van der Waals surface area contributed by atoms with Crippen molar-refractivity contribution in [2.75, 3.05) is 48.9 Å². The smallest absolute Gasteiger partial charge is 0.270 e. The van der Waals surface area contributed by atoms with Gasteiger partial charge in [-0.3, -0.25) is 0 Å². The van der Waals surface area contributed by atoms with Crippen molar-refractivity contribution in [3.05, 3.63) is 47.9 Å². The maximum absolute atomic E-state index is 14.4. The minimum atomic E-state index is -2.93. The molecule has 0 aliphatic carbocycles. The maximum Gasteiger partial charge on any atom is 0.270 e. The zero-order valence-corrected chi connectivity index (χ0v) is 17.6. The maximum atomic E-state index is 14.4. The Balaban J connectivity index is 1.63. The molecule has 2 N–H and O–H groups in total. The molecule has 1 aromatic carbocycles. The fourth-order valence-electron chi connectivity index (χ4n) is 3.28. The van der Waals surface area contributed by atoms with Crippen molar-refractivity contribution in [3.8, 4) is 11.1 Å². The fraction of sp³-hybridized carbons (Fsp3) is 0.333. The zero-order valence-electron chi connectivity index (χ0n) is 17.6. The Labute approximate surface area is 182 Å². The highest BCUT2D eigenvalue weighted by atomic mass is 19.3. The lowest BCUT2D eigenvalue weighted by atomic mass is 10.0. The summed E-state index contributed by atoms with van der Waals surface area (Å²) in [5.74, 6) is -2.54. The standard InChI is InChI=1S/C21H22F3N7O/c1-21(23,24)14-5-3-13(4-6-14)15-11-17(29-30-18(15)25-2)27-19-16(22)12-26-20(28-19)31-7-9-32-10-8-31/h3-6,11-12H,7-10H2,1-2H3,(H,25,30)(H,26,27,28,29). The summed E-state index contributed by atoms with van der Waals surface area (Å²) in [5, 5.41) is 14.0. The number of anilines is 4. The second kappa shape index (κ2) is 8.95. The van der Waals surface area contributed by atoms with E-state index in [0.717, 1.165) is 13.1 Å². The van der Waals surface area contributed by atoms with Crippen LogP contribution in [0.3, 0.4) is 0 Å². The third kappa shape index (κ3) is 4.72. The van der Waals surface area contributed by atoms with Gasteiger partial charge in [0.05, 0.1) is 19.4 Å². The van der Waals surface area contributed by atoms with Crippen molar-refractivity contribution in [3.63, 3.8) is 0 Å². The zero-order chi connectivity index (χ0) is 22.7. The van der Waals surface area contributed by atoms with Gasteiger partial charge in [0.1, 0.15) is 0 Å². The van der Waals surface area contributed by atoms with Crippen LogP contribution in [0.2, 0.25) is 0 Å². The molecule has 1 fully saturated rings. The Hall–Kier alpha value is -3.47. The summed E-state index contributed by atoms with van der Waals surface area (Å²) in [6, 6.07) is 7.53. The number of hydrogen-bond acceptors (Lipinski definition) is 8. The van der Waals surface area contributed by atoms with E-state index in [2.05, 4.69) is 30.8 Å². The molecule has 1 aliphatic rings. The molecule has 0 unspecified atom stereocenters. The van der Waals surface area contributed by atoms with Crippen LogP contribution in [0.1, 0.15) is 12.5 Å². The molecule has 1 saturated heterocycles. The summed E-state index contributed by atoms with van der Waals surface area (Å²) in [5.41, 5.74) is 1.17. The first-order valence-corrected chi connectivity index (χ1v) is 10.0. The van der Waals surface area contributed by atoms with Crippen LogP contribution in [-0.2, 0) is 10.7 Å². The second-order valence-electron chi connectivity index (χ2n) is 7.30. The lowest BCUT2D eigenvalue weighted by Gasteiger charge is -2.26. The topological polar surface area (TPSA) is 88.1 Å². The van der Waals surface area contributed by atoms with Gasteiger partial charge >= 0.3 is 0 Å². The number of ether oxygens (including phenoxy) is 1. The predicted octanol–water partition coefficient (Wildman–Crippen LogP) is 3.81. The first-order valence-electron chi connectivity index (χ1n) is 10.0. The summed E-state index contributed by atoms with van der Waals surface area (Å²) in [7, 11) is 1.67. The van der Waals surface area contributed by atoms with Crippen molar-refractivity contribution < 1.29 is 17.9 Å². The molecule has 32 heavy (non-hydrogen) atoms. The van der Waals surface area contributed by atoms with Crippen LogP contribution in [0.4, 0.5) is 36.6 Å². The Morgan fingerprint density at radius 1 is 1.06 bits per heavy atom. The number of alkyl halides is 2. The number of rotatable bonds is 6. The van der Waals surface area contributed by atoms with Crippen LogP contribution in [-0.4, -0.2) is 53.5 Å². The van der Waals surface area contributed by atoms with Crippen LogP contribution in [0.5, 0.6) is 0 Å². The van der Waals surface area contributed by atoms with Crippen molar-refractivity contribution in [2.24, 2.45) is 0 Å². The van der Waals surface area contributed by atoms with Crippen molar-refractivity contribution in [1.82, 2.24) is 20.2 Å². The average molecular weight is 445 g/mol. The Kier molecular flexibility index (Phi) is 6.08. The molecule has 2 aromatic heterocycles. The quantitative estimate of drug-likeness (QED) is 0.592. The molecule has 8 nitrogen and oxygen atoms in total. The normalized spacial score (nSPS) is 14.3. The van der Waals surface area contributed by atoms with E-state index in [1.807, 2.05) is 4.90 Å². The molecular formula is C21H22F3N7O. The predicted molar refractivity (Wildman–Crippen MR) is 115 cm³/mol. The summed E-state index contributed by atoms with van der Waals surface area (Å²) in [4.78, 5) is 10.2. The Morgan fingerprint density at radius 3 is 2.44 bits per heavy atom. The number of hydrogen-bond donors (Lipinski definition) is 2. The fourth-order valence-corrected chi connectivity index (χ4v) is 3.28. The van der Waals surface area contributed by atoms with E-state index in [1.54, 1.807) is 25.2 Å². The highest BCUT2D eigenvalue weighted by Crippen LogP contribution is 2.32. The largest absolute Gasteiger partial charge is 0.378 e. The number of morpholine rings is 1. The lowest BCUT2D eigenvalue weighted by Crippen LogP contribution is -2.37. The van der Waals surface area contributed by atoms with Gasteiger partial charge in [-0.2, -0.15) is 4.98 Å². The molecule has 0 saturated carbocycles. The van der Waals surface area contributed by atoms with Gasteiger partial charge < -0.3 is 20.3 Å². The van der Waals surface area contributed by atoms with Crippen molar-refractivity contribution in [1.29, 1.82) is 0 Å². The van der Waals surface area contributed by atoms with E-state index in [4.69, 9.17) is 4.74 Å². The lowest BCUT2D eigenvalue weighted by molar-refractivity contribution is 0.0175. The Morgan fingerprint density at radius 2 is 1.78 bits per heavy atom. The van der Waals surface area contributed by atoms with Gasteiger partial charge in [-0.1, -0.05) is 24.3 Å². The molecule has 4 rings (SSSR count). The third-order valence-corrected chi connectivity index (χ3v) is 5.01. The van der Waals surface area contributed by atoms with Crippen LogP contribution >= 0.6 is 0 Å². The van der Waals surface area contributed by atoms with Crippen molar-refractivity contribution >= 4 is 23.4 Å². The number of halogens is 3. The molecule has 0 spiro atoms. The van der Waals surface area contributed by atoms with Gasteiger partial charge in [-0.05, 0) is 11.6 Å². The number of benzene rings is 1. The molecule has 3 heterocycles. The van der Waals surface area contributed by atoms with Crippen LogP contribution in [0.15, 0.2) is 36.5 Å². The molecule has 0 bridgehead atoms. The van der Waals surface area contributed by atoms with Gasteiger partial charge in [0.15, 0.2) is 23.3 Å². The van der Waals surface area contributed by atoms with Crippen molar-refractivity contribution in [2.45, 2.75) is 12.8 Å². The monoisotopic (exact) mass is 445 g/mol. The summed E-state index contributed by atoms with van der Waals surface area (Å²) in [6.07, 6.45) is 1.10. The molecule has 11 heteroatoms. The van der Waals surface area contributed by atoms with E-state index < -0.39 is 11.7 Å². The second-order valence-corrected chi connectivity index (χ2v) is 7.30. The van der Waals surface area contributed by atoms with Gasteiger partial charge in [0, 0.05) is 38.2 Å². The minimum absolute atomic E-state index is 0.0417. The van der Waals surface area contributed by atoms with Gasteiger partial charge in [-0.25, -0.2) is 18.2 Å². The number of nitrogens with zero attached hydrogens (tertiary/aromatic N) is 5. The van der Waals surface area contributed by atoms with Crippen LogP contribution in [0, 0.1) is 5.82 Å². The third-order valence-electron chi connectivity index (χ3n) is 5.01. The van der Waals surface area contributed by atoms with E-state index in [1.165, 1.54) is 12.1 Å². The average Bonchev–Trinajstić information content (AvgIpc) is 2.80. The van der Waals surface area contributed by atoms with E-state index in [9.17, 15) is 13.2 Å². The number of nitrogens with one attached hydrogen (secondary N) is 2. The summed E-state index contributed by atoms with van der Waals surface area (Å²) < 4.78 is 46.8. The first-order chi connectivity index (χ1) is 15.3. The molecular weight excluding hydrogens is 423 g/mol. The van der Waals surface area contributed by atoms with Gasteiger partial charge in [0.25, 0.3) is 5.92 Å². The molecule has 168 valence electrons. The highest BCUT2D eigenvalue weighted by molar-refractivity contribution is 5.77. The van der Waals surface area contributed by atoms with Crippen LogP contribution in [0.25, 0.3) is 11.1 Å². The van der Waals surface area contributed by atoms with E-state index in [-0.39, 0.29) is 17.2 Å². The number of aromatic nitrogens is 4. The summed E-state index contributed by atoms with van der Waals surface area (Å²) in [6.45, 7) is 3.16. The highest BCUT2D eigenvalue weighted by Gasteiger charge is 2.24. The molecule has 0 atom stereocenters. The summed E-state index contributed by atoms with van der Waals surface area (Å²) >= 11 is 0. The molecule has 0 radical (unpaired) electrons. The molecule has 1 aliphatic heterocycles.